The average molecular weight is 307 g/mol. The number of nitrogens with one attached hydrogen (secondary N) is 1. The molecule has 0 spiro atoms. The van der Waals surface area contributed by atoms with Gasteiger partial charge in [0.2, 0.25) is 5.91 Å². The fourth-order valence-corrected chi connectivity index (χ4v) is 1.92. The summed E-state index contributed by atoms with van der Waals surface area (Å²) in [4.78, 5) is 14.6. The SMILES string of the molecule is CCC(C)(C)NC(=O)C(C)N(C)c1ccc(C(N)=S)cc1. The van der Waals surface area contributed by atoms with Crippen LogP contribution in [0, 0.1) is 0 Å². The van der Waals surface area contributed by atoms with E-state index in [2.05, 4.69) is 12.2 Å². The number of amides is 1. The van der Waals surface area contributed by atoms with Crippen molar-refractivity contribution in [1.82, 2.24) is 5.32 Å². The van der Waals surface area contributed by atoms with Gasteiger partial charge in [0.05, 0.1) is 0 Å². The number of nitrogens with two attached hydrogens (primary N) is 1. The van der Waals surface area contributed by atoms with E-state index in [0.29, 0.717) is 4.99 Å². The normalized spacial score (nSPS) is 12.6. The molecule has 0 aliphatic heterocycles. The molecule has 0 bridgehead atoms. The van der Waals surface area contributed by atoms with Crippen LogP contribution in [-0.4, -0.2) is 29.5 Å². The lowest BCUT2D eigenvalue weighted by molar-refractivity contribution is -0.123. The Morgan fingerprint density at radius 2 is 1.90 bits per heavy atom. The Morgan fingerprint density at radius 3 is 2.33 bits per heavy atom. The second-order valence-electron chi connectivity index (χ2n) is 5.92. The summed E-state index contributed by atoms with van der Waals surface area (Å²) in [6, 6.07) is 7.32. The Balaban J connectivity index is 2.80. The molecular formula is C16H25N3OS. The van der Waals surface area contributed by atoms with E-state index in [1.54, 1.807) is 0 Å². The van der Waals surface area contributed by atoms with E-state index >= 15 is 0 Å². The van der Waals surface area contributed by atoms with Crippen molar-refractivity contribution in [3.63, 3.8) is 0 Å². The van der Waals surface area contributed by atoms with Gasteiger partial charge in [-0.25, -0.2) is 0 Å². The molecule has 3 N–H and O–H groups in total. The van der Waals surface area contributed by atoms with Crippen LogP contribution in [0.15, 0.2) is 24.3 Å². The molecular weight excluding hydrogens is 282 g/mol. The van der Waals surface area contributed by atoms with E-state index in [1.165, 1.54) is 0 Å². The van der Waals surface area contributed by atoms with Crippen LogP contribution in [0.3, 0.4) is 0 Å². The van der Waals surface area contributed by atoms with Crippen LogP contribution < -0.4 is 16.0 Å². The highest BCUT2D eigenvalue weighted by Crippen LogP contribution is 2.17. The molecule has 0 aromatic heterocycles. The van der Waals surface area contributed by atoms with Gasteiger partial charge in [0, 0.05) is 23.8 Å². The molecule has 1 unspecified atom stereocenters. The second kappa shape index (κ2) is 6.89. The van der Waals surface area contributed by atoms with Crippen LogP contribution in [0.5, 0.6) is 0 Å². The molecule has 1 atom stereocenters. The maximum Gasteiger partial charge on any atom is 0.242 e. The minimum absolute atomic E-state index is 0.0165. The van der Waals surface area contributed by atoms with Crippen molar-refractivity contribution in [3.05, 3.63) is 29.8 Å². The van der Waals surface area contributed by atoms with Crippen molar-refractivity contribution in [2.75, 3.05) is 11.9 Å². The molecule has 116 valence electrons. The first kappa shape index (κ1) is 17.4. The van der Waals surface area contributed by atoms with Crippen LogP contribution in [0.25, 0.3) is 0 Å². The van der Waals surface area contributed by atoms with Gasteiger partial charge in [-0.3, -0.25) is 4.79 Å². The zero-order valence-corrected chi connectivity index (χ0v) is 14.3. The maximum absolute atomic E-state index is 12.3. The van der Waals surface area contributed by atoms with E-state index < -0.39 is 0 Å². The number of carbonyl (C=O) groups is 1. The molecule has 5 heteroatoms. The molecule has 1 aromatic carbocycles. The van der Waals surface area contributed by atoms with Crippen molar-refractivity contribution < 1.29 is 4.79 Å². The van der Waals surface area contributed by atoms with Crippen LogP contribution in [0.1, 0.15) is 39.7 Å². The lowest BCUT2D eigenvalue weighted by atomic mass is 10.0. The molecule has 4 nitrogen and oxygen atoms in total. The lowest BCUT2D eigenvalue weighted by Gasteiger charge is -2.31. The number of benzene rings is 1. The number of nitrogens with zero attached hydrogens (tertiary/aromatic N) is 1. The summed E-state index contributed by atoms with van der Waals surface area (Å²) in [7, 11) is 1.90. The number of anilines is 1. The summed E-state index contributed by atoms with van der Waals surface area (Å²) in [5, 5.41) is 3.06. The predicted octanol–water partition coefficient (Wildman–Crippen LogP) is 2.45. The number of hydrogen-bond acceptors (Lipinski definition) is 3. The van der Waals surface area contributed by atoms with E-state index in [0.717, 1.165) is 17.7 Å². The summed E-state index contributed by atoms with van der Waals surface area (Å²) in [6.07, 6.45) is 0.887. The van der Waals surface area contributed by atoms with E-state index in [4.69, 9.17) is 18.0 Å². The van der Waals surface area contributed by atoms with Crippen LogP contribution in [0.4, 0.5) is 5.69 Å². The van der Waals surface area contributed by atoms with Crippen LogP contribution in [0.2, 0.25) is 0 Å². The molecule has 0 fully saturated rings. The highest BCUT2D eigenvalue weighted by Gasteiger charge is 2.24. The number of likely N-dealkylation sites (N-methyl/N-ethyl adjacent to an activating group) is 1. The topological polar surface area (TPSA) is 58.4 Å². The third kappa shape index (κ3) is 4.70. The highest BCUT2D eigenvalue weighted by molar-refractivity contribution is 7.80. The third-order valence-corrected chi connectivity index (χ3v) is 4.10. The molecule has 1 aromatic rings. The minimum atomic E-state index is -0.258. The number of hydrogen-bond donors (Lipinski definition) is 2. The number of thiocarbonyl (C=S) groups is 1. The molecule has 0 heterocycles. The van der Waals surface area contributed by atoms with Crippen LogP contribution in [-0.2, 0) is 4.79 Å². The monoisotopic (exact) mass is 307 g/mol. The van der Waals surface area contributed by atoms with Gasteiger partial charge in [-0.05, 0) is 51.5 Å². The first-order valence-corrected chi connectivity index (χ1v) is 7.53. The highest BCUT2D eigenvalue weighted by atomic mass is 32.1. The Kier molecular flexibility index (Phi) is 5.72. The molecule has 0 radical (unpaired) electrons. The van der Waals surface area contributed by atoms with Crippen molar-refractivity contribution in [3.8, 4) is 0 Å². The van der Waals surface area contributed by atoms with Gasteiger partial charge in [-0.15, -0.1) is 0 Å². The predicted molar refractivity (Wildman–Crippen MR) is 92.7 cm³/mol. The first-order valence-electron chi connectivity index (χ1n) is 7.12. The average Bonchev–Trinajstić information content (AvgIpc) is 2.45. The summed E-state index contributed by atoms with van der Waals surface area (Å²) in [5.74, 6) is 0.0165. The van der Waals surface area contributed by atoms with Gasteiger partial charge >= 0.3 is 0 Å². The molecule has 0 saturated carbocycles. The molecule has 1 amide bonds. The Morgan fingerprint density at radius 1 is 1.38 bits per heavy atom. The van der Waals surface area contributed by atoms with Gasteiger partial charge in [-0.2, -0.15) is 0 Å². The fraction of sp³-hybridized carbons (Fsp3) is 0.500. The van der Waals surface area contributed by atoms with Gasteiger partial charge in [0.25, 0.3) is 0 Å². The second-order valence-corrected chi connectivity index (χ2v) is 6.36. The molecule has 0 aliphatic rings. The summed E-state index contributed by atoms with van der Waals surface area (Å²) in [6.45, 7) is 7.99. The number of carbonyl (C=O) groups excluding carboxylic acids is 1. The third-order valence-electron chi connectivity index (χ3n) is 3.86. The van der Waals surface area contributed by atoms with E-state index in [9.17, 15) is 4.79 Å². The summed E-state index contributed by atoms with van der Waals surface area (Å²) in [5.41, 5.74) is 7.17. The van der Waals surface area contributed by atoms with Crippen molar-refractivity contribution >= 4 is 28.8 Å². The zero-order chi connectivity index (χ0) is 16.2. The zero-order valence-electron chi connectivity index (χ0n) is 13.4. The van der Waals surface area contributed by atoms with Gasteiger partial charge in [0.15, 0.2) is 0 Å². The quantitative estimate of drug-likeness (QED) is 0.793. The fourth-order valence-electron chi connectivity index (χ4n) is 1.79. The lowest BCUT2D eigenvalue weighted by Crippen LogP contribution is -2.51. The largest absolute Gasteiger partial charge is 0.389 e. The first-order chi connectivity index (χ1) is 9.68. The smallest absolute Gasteiger partial charge is 0.242 e. The van der Waals surface area contributed by atoms with Crippen LogP contribution >= 0.6 is 12.2 Å². The van der Waals surface area contributed by atoms with Gasteiger partial charge in [0.1, 0.15) is 11.0 Å². The maximum atomic E-state index is 12.3. The number of rotatable bonds is 6. The minimum Gasteiger partial charge on any atom is -0.389 e. The van der Waals surface area contributed by atoms with Gasteiger partial charge < -0.3 is 16.0 Å². The van der Waals surface area contributed by atoms with E-state index in [1.807, 2.05) is 57.0 Å². The molecule has 0 saturated heterocycles. The van der Waals surface area contributed by atoms with Crippen molar-refractivity contribution in [2.24, 2.45) is 5.73 Å². The summed E-state index contributed by atoms with van der Waals surface area (Å²) >= 11 is 4.94. The van der Waals surface area contributed by atoms with Crippen molar-refractivity contribution in [2.45, 2.75) is 45.7 Å². The standard InChI is InChI=1S/C16H25N3OS/c1-6-16(3,4)18-15(20)11(2)19(5)13-9-7-12(8-10-13)14(17)21/h7-11H,6H2,1-5H3,(H2,17,21)(H,18,20). The molecule has 21 heavy (non-hydrogen) atoms. The Bertz CT molecular complexity index is 511. The van der Waals surface area contributed by atoms with Crippen molar-refractivity contribution in [1.29, 1.82) is 0 Å². The Labute approximate surface area is 132 Å². The Hall–Kier alpha value is -1.62. The molecule has 0 aliphatic carbocycles. The summed E-state index contributed by atoms with van der Waals surface area (Å²) < 4.78 is 0. The van der Waals surface area contributed by atoms with E-state index in [-0.39, 0.29) is 17.5 Å². The molecule has 1 rings (SSSR count). The van der Waals surface area contributed by atoms with Gasteiger partial charge in [-0.1, -0.05) is 19.1 Å².